The van der Waals surface area contributed by atoms with E-state index in [0.717, 1.165) is 6.20 Å². The minimum absolute atomic E-state index is 0.0431. The molecule has 0 atom stereocenters. The molecule has 0 N–H and O–H groups in total. The Bertz CT molecular complexity index is 559. The van der Waals surface area contributed by atoms with Gasteiger partial charge in [0.2, 0.25) is 5.78 Å². The Morgan fingerprint density at radius 3 is 2.89 bits per heavy atom. The number of carbonyl (C=O) groups is 1. The van der Waals surface area contributed by atoms with Gasteiger partial charge in [-0.1, -0.05) is 0 Å². The molecule has 2 aromatic heterocycles. The second-order valence-electron chi connectivity index (χ2n) is 3.56. The molecule has 0 unspecified atom stereocenters. The number of rotatable bonds is 4. The smallest absolute Gasteiger partial charge is 0.217 e. The summed E-state index contributed by atoms with van der Waals surface area (Å²) in [6.45, 7) is 2.34. The molecule has 0 aromatic carbocycles. The number of hydrogen-bond acceptors (Lipinski definition) is 4. The Kier molecular flexibility index (Phi) is 3.36. The van der Waals surface area contributed by atoms with Gasteiger partial charge in [0.1, 0.15) is 0 Å². The van der Waals surface area contributed by atoms with E-state index in [1.54, 1.807) is 0 Å². The van der Waals surface area contributed by atoms with Gasteiger partial charge in [0.15, 0.2) is 17.3 Å². The Morgan fingerprint density at radius 1 is 1.50 bits per heavy atom. The van der Waals surface area contributed by atoms with Gasteiger partial charge in [0.05, 0.1) is 25.1 Å². The van der Waals surface area contributed by atoms with Gasteiger partial charge in [0, 0.05) is 12.7 Å². The van der Waals surface area contributed by atoms with Gasteiger partial charge in [-0.05, 0) is 13.0 Å². The van der Waals surface area contributed by atoms with Gasteiger partial charge in [-0.25, -0.2) is 4.39 Å². The fraction of sp³-hybridized carbons (Fsp3) is 0.250. The van der Waals surface area contributed by atoms with E-state index >= 15 is 0 Å². The molecule has 6 heteroatoms. The molecule has 0 fully saturated rings. The summed E-state index contributed by atoms with van der Waals surface area (Å²) in [5.74, 6) is -0.794. The maximum absolute atomic E-state index is 13.5. The first kappa shape index (κ1) is 12.2. The molecule has 5 nitrogen and oxygen atoms in total. The number of hydrogen-bond donors (Lipinski definition) is 0. The van der Waals surface area contributed by atoms with Crippen molar-refractivity contribution in [3.8, 4) is 5.75 Å². The average Bonchev–Trinajstić information content (AvgIpc) is 2.81. The minimum atomic E-state index is -0.659. The highest BCUT2D eigenvalue weighted by Gasteiger charge is 2.22. The predicted octanol–water partition coefficient (Wildman–Crippen LogP) is 1.68. The van der Waals surface area contributed by atoms with Crippen molar-refractivity contribution in [2.45, 2.75) is 13.5 Å². The van der Waals surface area contributed by atoms with Crippen LogP contribution in [0.4, 0.5) is 4.39 Å². The normalized spacial score (nSPS) is 10.4. The van der Waals surface area contributed by atoms with Gasteiger partial charge in [-0.3, -0.25) is 14.5 Å². The molecule has 0 aliphatic rings. The summed E-state index contributed by atoms with van der Waals surface area (Å²) in [5.41, 5.74) is 0.198. The minimum Gasteiger partial charge on any atom is -0.493 e. The van der Waals surface area contributed by atoms with Crippen LogP contribution in [0.1, 0.15) is 23.0 Å². The SMILES string of the molecule is CCn1ncc(OC)c1C(=O)c1ccncc1F. The van der Waals surface area contributed by atoms with Crippen LogP contribution >= 0.6 is 0 Å². The van der Waals surface area contributed by atoms with E-state index in [4.69, 9.17) is 4.74 Å². The number of aromatic nitrogens is 3. The monoisotopic (exact) mass is 249 g/mol. The summed E-state index contributed by atoms with van der Waals surface area (Å²) < 4.78 is 20.1. The highest BCUT2D eigenvalue weighted by Crippen LogP contribution is 2.22. The van der Waals surface area contributed by atoms with Gasteiger partial charge < -0.3 is 4.74 Å². The van der Waals surface area contributed by atoms with Crippen LogP contribution in [-0.2, 0) is 6.54 Å². The summed E-state index contributed by atoms with van der Waals surface area (Å²) in [6.07, 6.45) is 3.82. The van der Waals surface area contributed by atoms with E-state index in [2.05, 4.69) is 10.1 Å². The fourth-order valence-corrected chi connectivity index (χ4v) is 1.67. The van der Waals surface area contributed by atoms with Crippen molar-refractivity contribution in [3.63, 3.8) is 0 Å². The van der Waals surface area contributed by atoms with Crippen molar-refractivity contribution < 1.29 is 13.9 Å². The molecule has 0 bridgehead atoms. The largest absolute Gasteiger partial charge is 0.493 e. The van der Waals surface area contributed by atoms with E-state index in [1.807, 2.05) is 6.92 Å². The summed E-state index contributed by atoms with van der Waals surface area (Å²) in [5, 5.41) is 4.01. The van der Waals surface area contributed by atoms with Crippen LogP contribution < -0.4 is 4.74 Å². The quantitative estimate of drug-likeness (QED) is 0.773. The molecular weight excluding hydrogens is 237 g/mol. The van der Waals surface area contributed by atoms with E-state index in [1.165, 1.54) is 30.3 Å². The van der Waals surface area contributed by atoms with Crippen LogP contribution in [0.2, 0.25) is 0 Å². The van der Waals surface area contributed by atoms with Crippen molar-refractivity contribution >= 4 is 5.78 Å². The average molecular weight is 249 g/mol. The third-order valence-electron chi connectivity index (χ3n) is 2.56. The number of halogens is 1. The first-order chi connectivity index (χ1) is 8.69. The highest BCUT2D eigenvalue weighted by atomic mass is 19.1. The molecule has 0 aliphatic heterocycles. The molecular formula is C12H12FN3O2. The maximum atomic E-state index is 13.5. The number of carbonyl (C=O) groups excluding carboxylic acids is 1. The van der Waals surface area contributed by atoms with E-state index < -0.39 is 11.6 Å². The molecule has 2 heterocycles. The Labute approximate surface area is 103 Å². The topological polar surface area (TPSA) is 57.0 Å². The lowest BCUT2D eigenvalue weighted by molar-refractivity contribution is 0.102. The Balaban J connectivity index is 2.52. The maximum Gasteiger partial charge on any atom is 0.217 e. The molecule has 0 spiro atoms. The van der Waals surface area contributed by atoms with E-state index in [-0.39, 0.29) is 11.3 Å². The summed E-state index contributed by atoms with van der Waals surface area (Å²) in [4.78, 5) is 15.9. The third kappa shape index (κ3) is 1.97. The molecule has 2 aromatic rings. The van der Waals surface area contributed by atoms with Crippen molar-refractivity contribution in [2.75, 3.05) is 7.11 Å². The number of ether oxygens (including phenoxy) is 1. The number of aryl methyl sites for hydroxylation is 1. The zero-order chi connectivity index (χ0) is 13.1. The molecule has 0 aliphatic carbocycles. The van der Waals surface area contributed by atoms with Crippen LogP contribution in [-0.4, -0.2) is 27.7 Å². The van der Waals surface area contributed by atoms with Crippen LogP contribution in [0.15, 0.2) is 24.7 Å². The lowest BCUT2D eigenvalue weighted by atomic mass is 10.1. The molecule has 0 saturated carbocycles. The second kappa shape index (κ2) is 4.95. The number of methoxy groups -OCH3 is 1. The standard InChI is InChI=1S/C12H12FN3O2/c1-3-16-11(10(18-2)7-15-16)12(17)8-4-5-14-6-9(8)13/h4-7H,3H2,1-2H3. The molecule has 2 rings (SSSR count). The van der Waals surface area contributed by atoms with Crippen LogP contribution in [0, 0.1) is 5.82 Å². The number of nitrogens with zero attached hydrogens (tertiary/aromatic N) is 3. The summed E-state index contributed by atoms with van der Waals surface area (Å²) >= 11 is 0. The van der Waals surface area contributed by atoms with Crippen molar-refractivity contribution in [1.29, 1.82) is 0 Å². The lowest BCUT2D eigenvalue weighted by Gasteiger charge is -2.06. The summed E-state index contributed by atoms with van der Waals surface area (Å²) in [6, 6.07) is 1.34. The number of ketones is 1. The number of pyridine rings is 1. The lowest BCUT2D eigenvalue weighted by Crippen LogP contribution is -2.13. The highest BCUT2D eigenvalue weighted by molar-refractivity contribution is 6.09. The van der Waals surface area contributed by atoms with Gasteiger partial charge >= 0.3 is 0 Å². The van der Waals surface area contributed by atoms with Crippen LogP contribution in [0.25, 0.3) is 0 Å². The van der Waals surface area contributed by atoms with Gasteiger partial charge in [-0.15, -0.1) is 0 Å². The van der Waals surface area contributed by atoms with E-state index in [0.29, 0.717) is 12.3 Å². The van der Waals surface area contributed by atoms with Gasteiger partial charge in [0.25, 0.3) is 0 Å². The summed E-state index contributed by atoms with van der Waals surface area (Å²) in [7, 11) is 1.44. The Hall–Kier alpha value is -2.24. The fourth-order valence-electron chi connectivity index (χ4n) is 1.67. The molecule has 94 valence electrons. The van der Waals surface area contributed by atoms with Crippen LogP contribution in [0.5, 0.6) is 5.75 Å². The van der Waals surface area contributed by atoms with Gasteiger partial charge in [-0.2, -0.15) is 5.10 Å². The van der Waals surface area contributed by atoms with Crippen molar-refractivity contribution in [3.05, 3.63) is 41.7 Å². The van der Waals surface area contributed by atoms with Crippen molar-refractivity contribution in [1.82, 2.24) is 14.8 Å². The molecule has 0 amide bonds. The Morgan fingerprint density at radius 2 is 2.28 bits per heavy atom. The third-order valence-corrected chi connectivity index (χ3v) is 2.56. The molecule has 0 saturated heterocycles. The molecule has 18 heavy (non-hydrogen) atoms. The first-order valence-corrected chi connectivity index (χ1v) is 5.43. The predicted molar refractivity (Wildman–Crippen MR) is 62.1 cm³/mol. The molecule has 0 radical (unpaired) electrons. The zero-order valence-corrected chi connectivity index (χ0v) is 10.1. The van der Waals surface area contributed by atoms with Crippen LogP contribution in [0.3, 0.4) is 0 Å². The van der Waals surface area contributed by atoms with Crippen molar-refractivity contribution in [2.24, 2.45) is 0 Å². The second-order valence-corrected chi connectivity index (χ2v) is 3.56. The first-order valence-electron chi connectivity index (χ1n) is 5.43. The van der Waals surface area contributed by atoms with E-state index in [9.17, 15) is 9.18 Å². The zero-order valence-electron chi connectivity index (χ0n) is 10.1.